The highest BCUT2D eigenvalue weighted by Gasteiger charge is 2.25. The Labute approximate surface area is 127 Å². The van der Waals surface area contributed by atoms with Crippen molar-refractivity contribution in [2.75, 3.05) is 0 Å². The van der Waals surface area contributed by atoms with Crippen LogP contribution in [0.4, 0.5) is 0 Å². The zero-order valence-corrected chi connectivity index (χ0v) is 13.3. The Kier molecular flexibility index (Phi) is 4.17. The molecule has 0 radical (unpaired) electrons. The minimum atomic E-state index is -0.425. The summed E-state index contributed by atoms with van der Waals surface area (Å²) in [5, 5.41) is 2.84. The molecule has 1 aromatic heterocycles. The van der Waals surface area contributed by atoms with Crippen molar-refractivity contribution in [1.29, 1.82) is 0 Å². The van der Waals surface area contributed by atoms with Crippen molar-refractivity contribution in [1.82, 2.24) is 4.57 Å². The zero-order chi connectivity index (χ0) is 14.7. The molecule has 1 heterocycles. The highest BCUT2D eigenvalue weighted by molar-refractivity contribution is 7.73. The molecular formula is C18H20N2P+. The second-order valence-electron chi connectivity index (χ2n) is 5.20. The van der Waals surface area contributed by atoms with Gasteiger partial charge in [-0.25, -0.2) is 9.13 Å². The van der Waals surface area contributed by atoms with Gasteiger partial charge in [-0.15, -0.1) is 0 Å². The van der Waals surface area contributed by atoms with E-state index in [1.54, 1.807) is 0 Å². The van der Waals surface area contributed by atoms with Crippen LogP contribution < -0.4 is 15.2 Å². The maximum atomic E-state index is 2.31. The third-order valence-electron chi connectivity index (χ3n) is 3.66. The number of hydrogen-bond donors (Lipinski definition) is 0. The highest BCUT2D eigenvalue weighted by atomic mass is 31.1. The van der Waals surface area contributed by atoms with E-state index in [1.165, 1.54) is 10.6 Å². The Morgan fingerprint density at radius 1 is 0.905 bits per heavy atom. The average Bonchev–Trinajstić information content (AvgIpc) is 2.96. The lowest BCUT2D eigenvalue weighted by Crippen LogP contribution is -2.25. The minimum absolute atomic E-state index is 0.422. The van der Waals surface area contributed by atoms with E-state index in [1.807, 2.05) is 0 Å². The van der Waals surface area contributed by atoms with Crippen molar-refractivity contribution in [3.8, 4) is 0 Å². The molecule has 0 N–H and O–H groups in total. The van der Waals surface area contributed by atoms with E-state index in [-0.39, 0.29) is 0 Å². The fourth-order valence-electron chi connectivity index (χ4n) is 2.58. The van der Waals surface area contributed by atoms with Crippen molar-refractivity contribution in [3.63, 3.8) is 0 Å². The van der Waals surface area contributed by atoms with E-state index >= 15 is 0 Å². The predicted molar refractivity (Wildman–Crippen MR) is 89.4 cm³/mol. The summed E-state index contributed by atoms with van der Waals surface area (Å²) < 4.78 is 4.41. The summed E-state index contributed by atoms with van der Waals surface area (Å²) in [6.07, 6.45) is 6.41. The molecule has 3 rings (SSSR count). The molecule has 0 fully saturated rings. The lowest BCUT2D eigenvalue weighted by molar-refractivity contribution is -0.671. The van der Waals surface area contributed by atoms with E-state index in [2.05, 4.69) is 102 Å². The molecule has 3 heteroatoms. The third-order valence-corrected chi connectivity index (χ3v) is 6.39. The minimum Gasteiger partial charge on any atom is -0.240 e. The summed E-state index contributed by atoms with van der Waals surface area (Å²) in [7, 11) is 1.64. The van der Waals surface area contributed by atoms with Crippen molar-refractivity contribution < 1.29 is 4.57 Å². The molecule has 2 aromatic carbocycles. The number of rotatable bonds is 4. The van der Waals surface area contributed by atoms with Gasteiger partial charge in [0.05, 0.1) is 7.05 Å². The summed E-state index contributed by atoms with van der Waals surface area (Å²) in [5.74, 6) is 0.422. The van der Waals surface area contributed by atoms with Crippen LogP contribution in [0.25, 0.3) is 0 Å². The molecule has 0 saturated heterocycles. The third kappa shape index (κ3) is 3.06. The van der Waals surface area contributed by atoms with Crippen molar-refractivity contribution in [2.45, 2.75) is 12.7 Å². The molecule has 21 heavy (non-hydrogen) atoms. The monoisotopic (exact) mass is 295 g/mol. The quantitative estimate of drug-likeness (QED) is 0.517. The average molecular weight is 295 g/mol. The molecule has 106 valence electrons. The molecular weight excluding hydrogens is 275 g/mol. The summed E-state index contributed by atoms with van der Waals surface area (Å²) >= 11 is 0. The van der Waals surface area contributed by atoms with Crippen LogP contribution in [-0.2, 0) is 7.05 Å². The smallest absolute Gasteiger partial charge is 0.240 e. The molecule has 0 amide bonds. The molecule has 0 saturated carbocycles. The number of nitrogens with zero attached hydrogens (tertiary/aromatic N) is 2. The van der Waals surface area contributed by atoms with Gasteiger partial charge in [0, 0.05) is 7.92 Å². The van der Waals surface area contributed by atoms with Crippen LogP contribution in [0.5, 0.6) is 0 Å². The van der Waals surface area contributed by atoms with Gasteiger partial charge < -0.3 is 0 Å². The summed E-state index contributed by atoms with van der Waals surface area (Å²) in [6, 6.07) is 21.7. The number of aromatic nitrogens is 2. The van der Waals surface area contributed by atoms with Gasteiger partial charge in [0.15, 0.2) is 0 Å². The first-order valence-electron chi connectivity index (χ1n) is 7.18. The van der Waals surface area contributed by atoms with Gasteiger partial charge in [-0.3, -0.25) is 0 Å². The van der Waals surface area contributed by atoms with Crippen LogP contribution in [-0.4, -0.2) is 4.57 Å². The van der Waals surface area contributed by atoms with Crippen LogP contribution >= 0.6 is 7.92 Å². The molecule has 2 nitrogen and oxygen atoms in total. The highest BCUT2D eigenvalue weighted by Crippen LogP contribution is 2.45. The SMILES string of the molecule is CC(n1cc[n+](C)c1)P(c1ccccc1)c1ccccc1. The number of imidazole rings is 1. The maximum absolute atomic E-state index is 2.31. The Bertz CT molecular complexity index is 652. The first-order valence-corrected chi connectivity index (χ1v) is 8.59. The first-order chi connectivity index (χ1) is 10.3. The van der Waals surface area contributed by atoms with Crippen LogP contribution in [0.3, 0.4) is 0 Å². The molecule has 1 unspecified atom stereocenters. The lowest BCUT2D eigenvalue weighted by Gasteiger charge is -2.23. The second-order valence-corrected chi connectivity index (χ2v) is 7.72. The van der Waals surface area contributed by atoms with Crippen molar-refractivity contribution in [3.05, 3.63) is 79.4 Å². The van der Waals surface area contributed by atoms with Gasteiger partial charge in [0.2, 0.25) is 6.33 Å². The van der Waals surface area contributed by atoms with Crippen LogP contribution in [0.1, 0.15) is 12.7 Å². The fraction of sp³-hybridized carbons (Fsp3) is 0.167. The maximum Gasteiger partial charge on any atom is 0.244 e. The zero-order valence-electron chi connectivity index (χ0n) is 12.4. The largest absolute Gasteiger partial charge is 0.244 e. The lowest BCUT2D eigenvalue weighted by atomic mass is 10.4. The second kappa shape index (κ2) is 6.24. The molecule has 3 aromatic rings. The van der Waals surface area contributed by atoms with E-state index in [0.29, 0.717) is 5.78 Å². The van der Waals surface area contributed by atoms with Crippen LogP contribution in [0.15, 0.2) is 79.4 Å². The van der Waals surface area contributed by atoms with Gasteiger partial charge in [-0.05, 0) is 17.5 Å². The van der Waals surface area contributed by atoms with Crippen LogP contribution in [0.2, 0.25) is 0 Å². The molecule has 0 spiro atoms. The summed E-state index contributed by atoms with van der Waals surface area (Å²) in [6.45, 7) is 2.31. The summed E-state index contributed by atoms with van der Waals surface area (Å²) in [5.41, 5.74) is 0. The fourth-order valence-corrected chi connectivity index (χ4v) is 5.13. The number of hydrogen-bond acceptors (Lipinski definition) is 0. The van der Waals surface area contributed by atoms with E-state index in [4.69, 9.17) is 0 Å². The van der Waals surface area contributed by atoms with Gasteiger partial charge >= 0.3 is 0 Å². The molecule has 0 aliphatic rings. The van der Waals surface area contributed by atoms with E-state index < -0.39 is 7.92 Å². The van der Waals surface area contributed by atoms with Gasteiger partial charge in [-0.1, -0.05) is 60.7 Å². The Morgan fingerprint density at radius 2 is 1.43 bits per heavy atom. The Balaban J connectivity index is 2.04. The van der Waals surface area contributed by atoms with E-state index in [9.17, 15) is 0 Å². The Hall–Kier alpha value is -1.92. The van der Waals surface area contributed by atoms with Gasteiger partial charge in [-0.2, -0.15) is 0 Å². The predicted octanol–water partition coefficient (Wildman–Crippen LogP) is 2.96. The standard InChI is InChI=1S/C18H20N2P/c1-16(20-14-13-19(2)15-20)21(17-9-5-3-6-10-17)18-11-7-4-8-12-18/h3-16H,1-2H3/q+1. The molecule has 0 aliphatic carbocycles. The van der Waals surface area contributed by atoms with Gasteiger partial charge in [0.1, 0.15) is 18.2 Å². The normalized spacial score (nSPS) is 12.5. The molecule has 0 aliphatic heterocycles. The van der Waals surface area contributed by atoms with E-state index in [0.717, 1.165) is 0 Å². The van der Waals surface area contributed by atoms with Crippen molar-refractivity contribution >= 4 is 18.5 Å². The van der Waals surface area contributed by atoms with Crippen molar-refractivity contribution in [2.24, 2.45) is 7.05 Å². The van der Waals surface area contributed by atoms with Crippen LogP contribution in [0, 0.1) is 0 Å². The first kappa shape index (κ1) is 14.0. The summed E-state index contributed by atoms with van der Waals surface area (Å²) in [4.78, 5) is 0. The molecule has 1 atom stereocenters. The Morgan fingerprint density at radius 3 is 1.86 bits per heavy atom. The number of benzene rings is 2. The topological polar surface area (TPSA) is 8.81 Å². The van der Waals surface area contributed by atoms with Gasteiger partial charge in [0.25, 0.3) is 0 Å². The number of aryl methyl sites for hydroxylation is 1. The molecule has 0 bridgehead atoms.